The van der Waals surface area contributed by atoms with Crippen molar-refractivity contribution in [2.45, 2.75) is 12.8 Å². The highest BCUT2D eigenvalue weighted by Crippen LogP contribution is 2.35. The van der Waals surface area contributed by atoms with E-state index in [4.69, 9.17) is 4.74 Å². The zero-order chi connectivity index (χ0) is 11.1. The largest absolute Gasteiger partial charge is 0.482 e. The third kappa shape index (κ3) is 1.56. The molecule has 16 heavy (non-hydrogen) atoms. The van der Waals surface area contributed by atoms with Crippen LogP contribution in [-0.4, -0.2) is 18.3 Å². The first-order chi connectivity index (χ1) is 7.74. The van der Waals surface area contributed by atoms with Crippen LogP contribution in [0.15, 0.2) is 18.2 Å². The smallest absolute Gasteiger partial charge is 0.262 e. The van der Waals surface area contributed by atoms with Gasteiger partial charge >= 0.3 is 0 Å². The minimum Gasteiger partial charge on any atom is -0.482 e. The molecule has 82 valence electrons. The summed E-state index contributed by atoms with van der Waals surface area (Å²) in [6.07, 6.45) is 1.97. The van der Waals surface area contributed by atoms with Gasteiger partial charge in [-0.3, -0.25) is 9.59 Å². The molecule has 2 aliphatic rings. The average Bonchev–Trinajstić information content (AvgIpc) is 3.11. The molecule has 0 radical (unpaired) electrons. The Morgan fingerprint density at radius 2 is 2.19 bits per heavy atom. The Morgan fingerprint density at radius 3 is 2.94 bits per heavy atom. The Labute approximate surface area is 92.6 Å². The summed E-state index contributed by atoms with van der Waals surface area (Å²) in [5, 5.41) is 2.70. The van der Waals surface area contributed by atoms with Crippen molar-refractivity contribution in [1.29, 1.82) is 0 Å². The van der Waals surface area contributed by atoms with Crippen LogP contribution < -0.4 is 10.1 Å². The number of ketones is 1. The van der Waals surface area contributed by atoms with E-state index in [0.717, 1.165) is 12.8 Å². The van der Waals surface area contributed by atoms with Crippen molar-refractivity contribution in [1.82, 2.24) is 0 Å². The number of benzene rings is 1. The van der Waals surface area contributed by atoms with Crippen molar-refractivity contribution in [3.05, 3.63) is 23.8 Å². The first-order valence-corrected chi connectivity index (χ1v) is 5.35. The van der Waals surface area contributed by atoms with Crippen LogP contribution >= 0.6 is 0 Å². The fourth-order valence-electron chi connectivity index (χ4n) is 1.82. The molecule has 0 bridgehead atoms. The third-order valence-corrected chi connectivity index (χ3v) is 2.85. The predicted octanol–water partition coefficient (Wildman–Crippen LogP) is 1.61. The predicted molar refractivity (Wildman–Crippen MR) is 57.6 cm³/mol. The number of carbonyl (C=O) groups excluding carboxylic acids is 2. The molecule has 0 aromatic heterocycles. The number of amides is 1. The number of anilines is 1. The summed E-state index contributed by atoms with van der Waals surface area (Å²) in [6.45, 7) is 0.0446. The molecule has 1 aromatic rings. The van der Waals surface area contributed by atoms with Gasteiger partial charge in [0.05, 0.1) is 5.69 Å². The van der Waals surface area contributed by atoms with Gasteiger partial charge in [-0.15, -0.1) is 0 Å². The molecule has 0 saturated heterocycles. The summed E-state index contributed by atoms with van der Waals surface area (Å²) >= 11 is 0. The SMILES string of the molecule is O=C1COc2ccc(C(=O)C3CC3)cc2N1. The van der Waals surface area contributed by atoms with Crippen LogP contribution in [-0.2, 0) is 4.79 Å². The average molecular weight is 217 g/mol. The summed E-state index contributed by atoms with van der Waals surface area (Å²) < 4.78 is 5.22. The fourth-order valence-corrected chi connectivity index (χ4v) is 1.82. The number of fused-ring (bicyclic) bond motifs is 1. The van der Waals surface area contributed by atoms with E-state index in [0.29, 0.717) is 17.0 Å². The monoisotopic (exact) mass is 217 g/mol. The van der Waals surface area contributed by atoms with Gasteiger partial charge < -0.3 is 10.1 Å². The van der Waals surface area contributed by atoms with E-state index >= 15 is 0 Å². The Kier molecular flexibility index (Phi) is 1.96. The maximum Gasteiger partial charge on any atom is 0.262 e. The van der Waals surface area contributed by atoms with Crippen LogP contribution in [0.5, 0.6) is 5.75 Å². The maximum atomic E-state index is 11.8. The molecule has 1 aliphatic carbocycles. The maximum absolute atomic E-state index is 11.8. The second kappa shape index (κ2) is 3.33. The van der Waals surface area contributed by atoms with Crippen molar-refractivity contribution in [2.75, 3.05) is 11.9 Å². The van der Waals surface area contributed by atoms with E-state index in [1.165, 1.54) is 0 Å². The zero-order valence-corrected chi connectivity index (χ0v) is 8.66. The first kappa shape index (κ1) is 9.39. The second-order valence-electron chi connectivity index (χ2n) is 4.19. The Morgan fingerprint density at radius 1 is 1.38 bits per heavy atom. The van der Waals surface area contributed by atoms with Crippen LogP contribution in [0, 0.1) is 5.92 Å². The van der Waals surface area contributed by atoms with Gasteiger partial charge in [-0.2, -0.15) is 0 Å². The lowest BCUT2D eigenvalue weighted by Crippen LogP contribution is -2.25. The highest BCUT2D eigenvalue weighted by atomic mass is 16.5. The van der Waals surface area contributed by atoms with Crippen molar-refractivity contribution < 1.29 is 14.3 Å². The molecule has 1 aromatic carbocycles. The summed E-state index contributed by atoms with van der Waals surface area (Å²) in [4.78, 5) is 23.0. The Balaban J connectivity index is 1.94. The molecule has 0 spiro atoms. The van der Waals surface area contributed by atoms with E-state index in [2.05, 4.69) is 5.32 Å². The number of ether oxygens (including phenoxy) is 1. The van der Waals surface area contributed by atoms with Crippen LogP contribution in [0.3, 0.4) is 0 Å². The fraction of sp³-hybridized carbons (Fsp3) is 0.333. The molecule has 0 atom stereocenters. The summed E-state index contributed by atoms with van der Waals surface area (Å²) in [5.41, 5.74) is 1.26. The van der Waals surface area contributed by atoms with E-state index in [1.54, 1.807) is 18.2 Å². The number of rotatable bonds is 2. The molecule has 1 saturated carbocycles. The van der Waals surface area contributed by atoms with Gasteiger partial charge in [0.2, 0.25) is 0 Å². The van der Waals surface area contributed by atoms with Gasteiger partial charge in [0, 0.05) is 11.5 Å². The third-order valence-electron chi connectivity index (χ3n) is 2.85. The molecule has 1 N–H and O–H groups in total. The molecular formula is C12H11NO3. The van der Waals surface area contributed by atoms with Crippen LogP contribution in [0.4, 0.5) is 5.69 Å². The summed E-state index contributed by atoms with van der Waals surface area (Å²) in [5.74, 6) is 0.816. The number of hydrogen-bond donors (Lipinski definition) is 1. The number of Topliss-reactive ketones (excluding diaryl/α,β-unsaturated/α-hetero) is 1. The Hall–Kier alpha value is -1.84. The number of carbonyl (C=O) groups is 2. The highest BCUT2D eigenvalue weighted by molar-refractivity contribution is 6.02. The normalized spacial score (nSPS) is 18.4. The molecule has 4 nitrogen and oxygen atoms in total. The zero-order valence-electron chi connectivity index (χ0n) is 8.66. The van der Waals surface area contributed by atoms with Gasteiger partial charge in [-0.05, 0) is 31.0 Å². The minimum atomic E-state index is -0.177. The number of hydrogen-bond acceptors (Lipinski definition) is 3. The topological polar surface area (TPSA) is 55.4 Å². The molecule has 4 heteroatoms. The molecule has 3 rings (SSSR count). The van der Waals surface area contributed by atoms with Crippen LogP contribution in [0.1, 0.15) is 23.2 Å². The number of nitrogens with one attached hydrogen (secondary N) is 1. The standard InChI is InChI=1S/C12H11NO3/c14-11-6-16-10-4-3-8(5-9(10)13-11)12(15)7-1-2-7/h3-5,7H,1-2,6H2,(H,13,14). The molecule has 1 amide bonds. The molecule has 1 heterocycles. The lowest BCUT2D eigenvalue weighted by atomic mass is 10.1. The lowest BCUT2D eigenvalue weighted by molar-refractivity contribution is -0.118. The van der Waals surface area contributed by atoms with E-state index < -0.39 is 0 Å². The van der Waals surface area contributed by atoms with Gasteiger partial charge in [0.1, 0.15) is 5.75 Å². The highest BCUT2D eigenvalue weighted by Gasteiger charge is 2.31. The van der Waals surface area contributed by atoms with E-state index in [-0.39, 0.29) is 24.2 Å². The molecular weight excluding hydrogens is 206 g/mol. The van der Waals surface area contributed by atoms with E-state index in [1.807, 2.05) is 0 Å². The van der Waals surface area contributed by atoms with Gasteiger partial charge in [-0.25, -0.2) is 0 Å². The van der Waals surface area contributed by atoms with Gasteiger partial charge in [0.15, 0.2) is 12.4 Å². The molecule has 0 unspecified atom stereocenters. The lowest BCUT2D eigenvalue weighted by Gasteiger charge is -2.18. The first-order valence-electron chi connectivity index (χ1n) is 5.35. The van der Waals surface area contributed by atoms with Gasteiger partial charge in [0.25, 0.3) is 5.91 Å². The second-order valence-corrected chi connectivity index (χ2v) is 4.19. The van der Waals surface area contributed by atoms with Crippen molar-refractivity contribution >= 4 is 17.4 Å². The quantitative estimate of drug-likeness (QED) is 0.766. The Bertz CT molecular complexity index is 477. The van der Waals surface area contributed by atoms with Crippen molar-refractivity contribution in [3.63, 3.8) is 0 Å². The summed E-state index contributed by atoms with van der Waals surface area (Å²) in [7, 11) is 0. The van der Waals surface area contributed by atoms with Crippen molar-refractivity contribution in [2.24, 2.45) is 5.92 Å². The summed E-state index contributed by atoms with van der Waals surface area (Å²) in [6, 6.07) is 5.20. The van der Waals surface area contributed by atoms with Gasteiger partial charge in [-0.1, -0.05) is 0 Å². The minimum absolute atomic E-state index is 0.0446. The molecule has 1 fully saturated rings. The molecule has 1 aliphatic heterocycles. The van der Waals surface area contributed by atoms with E-state index in [9.17, 15) is 9.59 Å². The van der Waals surface area contributed by atoms with Crippen LogP contribution in [0.2, 0.25) is 0 Å². The van der Waals surface area contributed by atoms with Crippen molar-refractivity contribution in [3.8, 4) is 5.75 Å². The van der Waals surface area contributed by atoms with Crippen LogP contribution in [0.25, 0.3) is 0 Å².